The van der Waals surface area contributed by atoms with Crippen molar-refractivity contribution in [1.29, 1.82) is 0 Å². The Balaban J connectivity index is 3.41. The number of rotatable bonds is 8. The van der Waals surface area contributed by atoms with E-state index in [-0.39, 0.29) is 13.2 Å². The lowest BCUT2D eigenvalue weighted by Crippen LogP contribution is -2.00. The molecule has 4 nitrogen and oxygen atoms in total. The standard InChI is InChI=1S/C9H19NO3/c11-7-3-1-5-9(10-13)6-2-4-8-12/h11-13H,1-8H2. The summed E-state index contributed by atoms with van der Waals surface area (Å²) in [6, 6.07) is 0. The highest BCUT2D eigenvalue weighted by Gasteiger charge is 1.99. The largest absolute Gasteiger partial charge is 0.411 e. The van der Waals surface area contributed by atoms with Gasteiger partial charge < -0.3 is 15.4 Å². The van der Waals surface area contributed by atoms with E-state index in [2.05, 4.69) is 5.16 Å². The van der Waals surface area contributed by atoms with Crippen LogP contribution in [0.15, 0.2) is 5.16 Å². The molecule has 0 amide bonds. The van der Waals surface area contributed by atoms with Crippen LogP contribution >= 0.6 is 0 Å². The maximum atomic E-state index is 8.59. The van der Waals surface area contributed by atoms with E-state index in [4.69, 9.17) is 15.4 Å². The Morgan fingerprint density at radius 3 is 1.62 bits per heavy atom. The average Bonchev–Trinajstić information content (AvgIpc) is 2.16. The minimum Gasteiger partial charge on any atom is -0.411 e. The molecule has 0 fully saturated rings. The summed E-state index contributed by atoms with van der Waals surface area (Å²) >= 11 is 0. The molecule has 0 heterocycles. The second-order valence-electron chi connectivity index (χ2n) is 3.03. The first-order chi connectivity index (χ1) is 6.35. The highest BCUT2D eigenvalue weighted by molar-refractivity contribution is 5.83. The third kappa shape index (κ3) is 7.74. The molecule has 0 atom stereocenters. The number of oxime groups is 1. The molecule has 0 spiro atoms. The molecular weight excluding hydrogens is 170 g/mol. The first-order valence-electron chi connectivity index (χ1n) is 4.76. The molecule has 3 N–H and O–H groups in total. The van der Waals surface area contributed by atoms with E-state index in [9.17, 15) is 0 Å². The van der Waals surface area contributed by atoms with Crippen molar-refractivity contribution in [2.45, 2.75) is 38.5 Å². The van der Waals surface area contributed by atoms with Gasteiger partial charge in [0.05, 0.1) is 5.71 Å². The summed E-state index contributed by atoms with van der Waals surface area (Å²) in [6.07, 6.45) is 4.69. The number of hydrogen-bond acceptors (Lipinski definition) is 4. The van der Waals surface area contributed by atoms with Gasteiger partial charge in [-0.15, -0.1) is 0 Å². The molecule has 0 rings (SSSR count). The second kappa shape index (κ2) is 9.48. The molecule has 0 aromatic rings. The lowest BCUT2D eigenvalue weighted by molar-refractivity contribution is 0.282. The molecule has 13 heavy (non-hydrogen) atoms. The first kappa shape index (κ1) is 12.4. The Morgan fingerprint density at radius 1 is 0.846 bits per heavy atom. The van der Waals surface area contributed by atoms with Gasteiger partial charge in [-0.1, -0.05) is 5.16 Å². The van der Waals surface area contributed by atoms with Gasteiger partial charge in [-0.05, 0) is 38.5 Å². The number of unbranched alkanes of at least 4 members (excludes halogenated alkanes) is 2. The van der Waals surface area contributed by atoms with Crippen LogP contribution in [-0.2, 0) is 0 Å². The highest BCUT2D eigenvalue weighted by atomic mass is 16.4. The maximum absolute atomic E-state index is 8.59. The van der Waals surface area contributed by atoms with Crippen molar-refractivity contribution in [3.05, 3.63) is 0 Å². The molecule has 0 aliphatic heterocycles. The molecule has 0 saturated carbocycles. The summed E-state index contributed by atoms with van der Waals surface area (Å²) in [5.41, 5.74) is 0.766. The summed E-state index contributed by atoms with van der Waals surface area (Å²) < 4.78 is 0. The second-order valence-corrected chi connectivity index (χ2v) is 3.03. The van der Waals surface area contributed by atoms with Gasteiger partial charge in [-0.25, -0.2) is 0 Å². The van der Waals surface area contributed by atoms with Crippen molar-refractivity contribution < 1.29 is 15.4 Å². The SMILES string of the molecule is OCCCCC(CCCCO)=NO. The number of nitrogens with zero attached hydrogens (tertiary/aromatic N) is 1. The van der Waals surface area contributed by atoms with Crippen LogP contribution in [0.3, 0.4) is 0 Å². The molecule has 4 heteroatoms. The van der Waals surface area contributed by atoms with E-state index in [0.29, 0.717) is 0 Å². The van der Waals surface area contributed by atoms with Crippen LogP contribution in [0.4, 0.5) is 0 Å². The average molecular weight is 189 g/mol. The predicted octanol–water partition coefficient (Wildman–Crippen LogP) is 1.14. The summed E-state index contributed by atoms with van der Waals surface area (Å²) in [6.45, 7) is 0.380. The summed E-state index contributed by atoms with van der Waals surface area (Å²) in [4.78, 5) is 0. The third-order valence-corrected chi connectivity index (χ3v) is 1.89. The summed E-state index contributed by atoms with van der Waals surface area (Å²) in [7, 11) is 0. The minimum atomic E-state index is 0.190. The molecule has 0 saturated heterocycles. The number of aliphatic hydroxyl groups excluding tert-OH is 2. The number of hydrogen-bond donors (Lipinski definition) is 3. The van der Waals surface area contributed by atoms with E-state index < -0.39 is 0 Å². The Morgan fingerprint density at radius 2 is 1.31 bits per heavy atom. The molecule has 0 aromatic carbocycles. The normalized spacial score (nSPS) is 10.0. The van der Waals surface area contributed by atoms with Crippen LogP contribution in [-0.4, -0.2) is 34.3 Å². The summed E-state index contributed by atoms with van der Waals surface area (Å²) in [5.74, 6) is 0. The zero-order chi connectivity index (χ0) is 9.94. The van der Waals surface area contributed by atoms with Crippen LogP contribution in [0.1, 0.15) is 38.5 Å². The van der Waals surface area contributed by atoms with Crippen molar-refractivity contribution in [3.63, 3.8) is 0 Å². The van der Waals surface area contributed by atoms with Gasteiger partial charge in [-0.2, -0.15) is 0 Å². The van der Waals surface area contributed by atoms with Crippen molar-refractivity contribution in [3.8, 4) is 0 Å². The van der Waals surface area contributed by atoms with Crippen molar-refractivity contribution in [2.24, 2.45) is 5.16 Å². The van der Waals surface area contributed by atoms with Crippen LogP contribution in [0.5, 0.6) is 0 Å². The maximum Gasteiger partial charge on any atom is 0.0570 e. The van der Waals surface area contributed by atoms with E-state index in [1.165, 1.54) is 0 Å². The van der Waals surface area contributed by atoms with Gasteiger partial charge in [0.15, 0.2) is 0 Å². The van der Waals surface area contributed by atoms with Gasteiger partial charge in [-0.3, -0.25) is 0 Å². The molecule has 0 unspecified atom stereocenters. The van der Waals surface area contributed by atoms with Crippen LogP contribution in [0.25, 0.3) is 0 Å². The molecule has 0 bridgehead atoms. The fourth-order valence-electron chi connectivity index (χ4n) is 1.11. The monoisotopic (exact) mass is 189 g/mol. The van der Waals surface area contributed by atoms with E-state index in [1.54, 1.807) is 0 Å². The van der Waals surface area contributed by atoms with Gasteiger partial charge >= 0.3 is 0 Å². The fraction of sp³-hybridized carbons (Fsp3) is 0.889. The fourth-order valence-corrected chi connectivity index (χ4v) is 1.11. The first-order valence-corrected chi connectivity index (χ1v) is 4.76. The summed E-state index contributed by atoms with van der Waals surface area (Å²) in [5, 5.41) is 28.8. The van der Waals surface area contributed by atoms with Crippen LogP contribution in [0.2, 0.25) is 0 Å². The van der Waals surface area contributed by atoms with Gasteiger partial charge in [0, 0.05) is 13.2 Å². The van der Waals surface area contributed by atoms with Crippen molar-refractivity contribution in [1.82, 2.24) is 0 Å². The lowest BCUT2D eigenvalue weighted by Gasteiger charge is -2.02. The molecule has 0 aliphatic carbocycles. The van der Waals surface area contributed by atoms with Crippen molar-refractivity contribution in [2.75, 3.05) is 13.2 Å². The van der Waals surface area contributed by atoms with E-state index in [1.807, 2.05) is 0 Å². The lowest BCUT2D eigenvalue weighted by atomic mass is 10.1. The van der Waals surface area contributed by atoms with Crippen LogP contribution < -0.4 is 0 Å². The molecule has 0 radical (unpaired) electrons. The number of aliphatic hydroxyl groups is 2. The Kier molecular flexibility index (Phi) is 9.03. The van der Waals surface area contributed by atoms with Gasteiger partial charge in [0.2, 0.25) is 0 Å². The zero-order valence-electron chi connectivity index (χ0n) is 7.95. The molecule has 0 aliphatic rings. The van der Waals surface area contributed by atoms with E-state index in [0.717, 1.165) is 44.2 Å². The van der Waals surface area contributed by atoms with Crippen molar-refractivity contribution >= 4 is 5.71 Å². The Hall–Kier alpha value is -0.610. The third-order valence-electron chi connectivity index (χ3n) is 1.89. The quantitative estimate of drug-likeness (QED) is 0.232. The molecule has 0 aromatic heterocycles. The molecule has 78 valence electrons. The Labute approximate surface area is 78.9 Å². The van der Waals surface area contributed by atoms with Gasteiger partial charge in [0.1, 0.15) is 0 Å². The minimum absolute atomic E-state index is 0.190. The zero-order valence-corrected chi connectivity index (χ0v) is 7.95. The highest BCUT2D eigenvalue weighted by Crippen LogP contribution is 2.04. The topological polar surface area (TPSA) is 73.0 Å². The predicted molar refractivity (Wildman–Crippen MR) is 51.1 cm³/mol. The van der Waals surface area contributed by atoms with Crippen LogP contribution in [0, 0.1) is 0 Å². The Bertz CT molecular complexity index is 125. The smallest absolute Gasteiger partial charge is 0.0570 e. The van der Waals surface area contributed by atoms with Gasteiger partial charge in [0.25, 0.3) is 0 Å². The van der Waals surface area contributed by atoms with E-state index >= 15 is 0 Å². The molecular formula is C9H19NO3.